The molecular formula is C26H36N2S. The summed E-state index contributed by atoms with van der Waals surface area (Å²) in [5.74, 6) is 0.974. The zero-order chi connectivity index (χ0) is 21.1. The van der Waals surface area contributed by atoms with Crippen molar-refractivity contribution < 1.29 is 0 Å². The third-order valence-corrected chi connectivity index (χ3v) is 6.92. The van der Waals surface area contributed by atoms with E-state index in [9.17, 15) is 0 Å². The van der Waals surface area contributed by atoms with Crippen molar-refractivity contribution in [3.63, 3.8) is 0 Å². The summed E-state index contributed by atoms with van der Waals surface area (Å²) < 4.78 is 3.10. The molecule has 156 valence electrons. The first kappa shape index (κ1) is 22.0. The molecule has 3 atom stereocenters. The number of hydrogen-bond acceptors (Lipinski definition) is 3. The Morgan fingerprint density at radius 1 is 1.14 bits per heavy atom. The van der Waals surface area contributed by atoms with E-state index in [0.29, 0.717) is 17.9 Å². The van der Waals surface area contributed by atoms with E-state index >= 15 is 0 Å². The zero-order valence-electron chi connectivity index (χ0n) is 18.6. The van der Waals surface area contributed by atoms with E-state index in [1.807, 2.05) is 0 Å². The summed E-state index contributed by atoms with van der Waals surface area (Å²) in [6, 6.07) is 14.2. The number of aryl methyl sites for hydroxylation is 3. The van der Waals surface area contributed by atoms with E-state index in [1.165, 1.54) is 51.9 Å². The molecule has 0 saturated heterocycles. The molecule has 1 aliphatic rings. The number of nitrogens with one attached hydrogen (secondary N) is 1. The van der Waals surface area contributed by atoms with Crippen LogP contribution in [0.3, 0.4) is 0 Å². The van der Waals surface area contributed by atoms with E-state index < -0.39 is 0 Å². The molecule has 2 aromatic rings. The summed E-state index contributed by atoms with van der Waals surface area (Å²) in [4.78, 5) is 2.49. The Hall–Kier alpha value is -1.71. The quantitative estimate of drug-likeness (QED) is 0.391. The smallest absolute Gasteiger partial charge is 0.0369 e. The van der Waals surface area contributed by atoms with Gasteiger partial charge in [0, 0.05) is 30.7 Å². The Morgan fingerprint density at radius 2 is 1.90 bits per heavy atom. The molecule has 3 heteroatoms. The van der Waals surface area contributed by atoms with Crippen molar-refractivity contribution in [2.45, 2.75) is 65.3 Å². The van der Waals surface area contributed by atoms with E-state index in [1.54, 1.807) is 0 Å². The molecule has 1 N–H and O–H groups in total. The zero-order valence-corrected chi connectivity index (χ0v) is 19.5. The Morgan fingerprint density at radius 3 is 2.55 bits per heavy atom. The molecule has 3 unspecified atom stereocenters. The van der Waals surface area contributed by atoms with Crippen LogP contribution in [0.4, 0.5) is 5.69 Å². The number of benzene rings is 2. The average molecular weight is 409 g/mol. The topological polar surface area (TPSA) is 15.3 Å². The number of fused-ring (bicyclic) bond motifs is 1. The first-order chi connectivity index (χ1) is 13.8. The molecule has 0 aliphatic heterocycles. The van der Waals surface area contributed by atoms with Gasteiger partial charge in [0.1, 0.15) is 0 Å². The lowest BCUT2D eigenvalue weighted by Gasteiger charge is -2.31. The van der Waals surface area contributed by atoms with E-state index in [4.69, 9.17) is 0 Å². The molecule has 3 rings (SSSR count). The molecule has 0 heterocycles. The molecule has 0 fully saturated rings. The van der Waals surface area contributed by atoms with Gasteiger partial charge in [0.15, 0.2) is 0 Å². The molecular weight excluding hydrogens is 372 g/mol. The van der Waals surface area contributed by atoms with Crippen LogP contribution in [0, 0.1) is 13.8 Å². The van der Waals surface area contributed by atoms with Gasteiger partial charge in [0.25, 0.3) is 0 Å². The maximum Gasteiger partial charge on any atom is 0.0369 e. The van der Waals surface area contributed by atoms with Crippen LogP contribution >= 0.6 is 12.8 Å². The Balaban J connectivity index is 1.84. The minimum absolute atomic E-state index is 0.306. The van der Waals surface area contributed by atoms with Crippen LogP contribution < -0.4 is 9.62 Å². The molecule has 1 aliphatic carbocycles. The second kappa shape index (κ2) is 9.40. The van der Waals surface area contributed by atoms with Crippen LogP contribution in [0.25, 0.3) is 0 Å². The van der Waals surface area contributed by atoms with Crippen LogP contribution in [0.15, 0.2) is 48.6 Å². The van der Waals surface area contributed by atoms with Crippen LogP contribution in [-0.2, 0) is 6.42 Å². The number of hydrogen-bond donors (Lipinski definition) is 2. The van der Waals surface area contributed by atoms with Crippen molar-refractivity contribution in [1.82, 2.24) is 4.72 Å². The van der Waals surface area contributed by atoms with Crippen molar-refractivity contribution in [2.24, 2.45) is 0 Å². The summed E-state index contributed by atoms with van der Waals surface area (Å²) in [7, 11) is 0. The first-order valence-electron chi connectivity index (χ1n) is 10.8. The van der Waals surface area contributed by atoms with Gasteiger partial charge in [-0.05, 0) is 86.4 Å². The lowest BCUT2D eigenvalue weighted by atomic mass is 9.90. The van der Waals surface area contributed by atoms with Gasteiger partial charge in [0.05, 0.1) is 0 Å². The van der Waals surface area contributed by atoms with E-state index in [0.717, 1.165) is 13.1 Å². The van der Waals surface area contributed by atoms with Crippen molar-refractivity contribution in [2.75, 3.05) is 18.0 Å². The SMILES string of the molecule is C=C(C)C1CCc2ccc(C(C)CN(CC(C)NS)c3ccc(C)c(C)c3)cc21. The normalized spacial score (nSPS) is 17.7. The lowest BCUT2D eigenvalue weighted by molar-refractivity contribution is 0.614. The molecule has 0 saturated carbocycles. The minimum atomic E-state index is 0.306. The Labute approximate surface area is 183 Å². The lowest BCUT2D eigenvalue weighted by Crippen LogP contribution is -2.38. The summed E-state index contributed by atoms with van der Waals surface area (Å²) >= 11 is 4.29. The Bertz CT molecular complexity index is 873. The van der Waals surface area contributed by atoms with Crippen molar-refractivity contribution in [3.8, 4) is 0 Å². The maximum absolute atomic E-state index is 4.29. The molecule has 2 nitrogen and oxygen atoms in total. The number of thiol groups is 1. The molecule has 29 heavy (non-hydrogen) atoms. The molecule has 0 aromatic heterocycles. The van der Waals surface area contributed by atoms with Gasteiger partial charge in [-0.15, -0.1) is 0 Å². The van der Waals surface area contributed by atoms with Gasteiger partial charge in [-0.25, -0.2) is 0 Å². The predicted molar refractivity (Wildman–Crippen MR) is 130 cm³/mol. The van der Waals surface area contributed by atoms with Crippen LogP contribution in [0.5, 0.6) is 0 Å². The highest BCUT2D eigenvalue weighted by atomic mass is 32.1. The van der Waals surface area contributed by atoms with E-state index in [-0.39, 0.29) is 0 Å². The molecule has 2 aromatic carbocycles. The first-order valence-corrected chi connectivity index (χ1v) is 11.2. The number of rotatable bonds is 8. The van der Waals surface area contributed by atoms with Crippen molar-refractivity contribution in [3.05, 3.63) is 76.4 Å². The third kappa shape index (κ3) is 5.07. The fraction of sp³-hybridized carbons (Fsp3) is 0.462. The Kier molecular flexibility index (Phi) is 7.13. The van der Waals surface area contributed by atoms with Crippen molar-refractivity contribution in [1.29, 1.82) is 0 Å². The summed E-state index contributed by atoms with van der Waals surface area (Å²) in [5.41, 5.74) is 9.70. The average Bonchev–Trinajstić information content (AvgIpc) is 3.12. The minimum Gasteiger partial charge on any atom is -0.369 e. The highest BCUT2D eigenvalue weighted by Gasteiger charge is 2.24. The van der Waals surface area contributed by atoms with E-state index in [2.05, 4.69) is 100 Å². The third-order valence-electron chi connectivity index (χ3n) is 6.48. The van der Waals surface area contributed by atoms with Gasteiger partial charge in [-0.2, -0.15) is 0 Å². The molecule has 0 spiro atoms. The highest BCUT2D eigenvalue weighted by Crippen LogP contribution is 2.39. The summed E-state index contributed by atoms with van der Waals surface area (Å²) in [5, 5.41) is 0. The van der Waals surface area contributed by atoms with Gasteiger partial charge in [-0.3, -0.25) is 4.72 Å². The number of anilines is 1. The summed E-state index contributed by atoms with van der Waals surface area (Å²) in [6.45, 7) is 17.2. The highest BCUT2D eigenvalue weighted by molar-refractivity contribution is 7.78. The standard InChI is InChI=1S/C26H36N2S/c1-17(2)25-12-10-22-8-9-23(14-26(22)25)20(5)15-28(16-21(6)27-29)24-11-7-18(3)19(4)13-24/h7-9,11,13-14,20-21,25,27,29H,1,10,12,15-16H2,2-6H3. The monoisotopic (exact) mass is 408 g/mol. The van der Waals surface area contributed by atoms with Crippen molar-refractivity contribution >= 4 is 18.5 Å². The van der Waals surface area contributed by atoms with Crippen LogP contribution in [-0.4, -0.2) is 19.1 Å². The second-order valence-corrected chi connectivity index (χ2v) is 9.26. The fourth-order valence-electron chi connectivity index (χ4n) is 4.45. The van der Waals surface area contributed by atoms with Gasteiger partial charge in [0.2, 0.25) is 0 Å². The maximum atomic E-state index is 4.29. The molecule has 0 radical (unpaired) electrons. The van der Waals surface area contributed by atoms with Gasteiger partial charge >= 0.3 is 0 Å². The van der Waals surface area contributed by atoms with Gasteiger partial charge < -0.3 is 4.90 Å². The predicted octanol–water partition coefficient (Wildman–Crippen LogP) is 6.34. The van der Waals surface area contributed by atoms with Gasteiger partial charge in [-0.1, -0.05) is 56.2 Å². The molecule has 0 bridgehead atoms. The number of nitrogens with zero attached hydrogens (tertiary/aromatic N) is 1. The van der Waals surface area contributed by atoms with Crippen LogP contribution in [0.1, 0.15) is 66.8 Å². The summed E-state index contributed by atoms with van der Waals surface area (Å²) in [6.07, 6.45) is 2.39. The molecule has 0 amide bonds. The second-order valence-electron chi connectivity index (χ2n) is 9.00. The fourth-order valence-corrected chi connectivity index (χ4v) is 4.54. The largest absolute Gasteiger partial charge is 0.369 e. The number of allylic oxidation sites excluding steroid dienone is 1. The van der Waals surface area contributed by atoms with Crippen LogP contribution in [0.2, 0.25) is 0 Å².